The fraction of sp³-hybridized carbons (Fsp3) is 0.286. The molecule has 1 saturated heterocycles. The number of carbonyl (C=O) groups excluding carboxylic acids is 2. The molecule has 2 aromatic rings. The molecule has 2 amide bonds. The SMILES string of the molecule is COc1cc(OC)c(NC(=O)C[C@@H]2SC(=Nc3cc(Cl)ccc3OC)N(C)C2=O)cc1Cl. The summed E-state index contributed by atoms with van der Waals surface area (Å²) in [6.45, 7) is 0. The van der Waals surface area contributed by atoms with Gasteiger partial charge in [-0.05, 0) is 24.3 Å². The molecule has 2 aromatic carbocycles. The van der Waals surface area contributed by atoms with Crippen molar-refractivity contribution in [1.82, 2.24) is 4.90 Å². The van der Waals surface area contributed by atoms with Gasteiger partial charge in [0, 0.05) is 24.6 Å². The first-order valence-corrected chi connectivity index (χ1v) is 11.0. The van der Waals surface area contributed by atoms with Crippen LogP contribution in [0.15, 0.2) is 35.3 Å². The second-order valence-corrected chi connectivity index (χ2v) is 8.67. The Balaban J connectivity index is 1.75. The predicted octanol–water partition coefficient (Wildman–Crippen LogP) is 4.61. The molecule has 0 radical (unpaired) electrons. The molecule has 1 atom stereocenters. The van der Waals surface area contributed by atoms with E-state index < -0.39 is 5.25 Å². The highest BCUT2D eigenvalue weighted by molar-refractivity contribution is 8.15. The number of aliphatic imine (C=N–C) groups is 1. The molecule has 0 aliphatic carbocycles. The summed E-state index contributed by atoms with van der Waals surface area (Å²) in [6, 6.07) is 8.14. The van der Waals surface area contributed by atoms with E-state index in [1.54, 1.807) is 31.3 Å². The van der Waals surface area contributed by atoms with Crippen LogP contribution in [0.3, 0.4) is 0 Å². The topological polar surface area (TPSA) is 89.5 Å². The van der Waals surface area contributed by atoms with E-state index in [1.165, 1.54) is 44.1 Å². The lowest BCUT2D eigenvalue weighted by atomic mass is 10.2. The summed E-state index contributed by atoms with van der Waals surface area (Å²) in [5, 5.41) is 3.36. The smallest absolute Gasteiger partial charge is 0.242 e. The van der Waals surface area contributed by atoms with E-state index in [2.05, 4.69) is 10.3 Å². The first-order chi connectivity index (χ1) is 15.3. The fourth-order valence-electron chi connectivity index (χ4n) is 2.98. The highest BCUT2D eigenvalue weighted by Gasteiger charge is 2.37. The molecule has 32 heavy (non-hydrogen) atoms. The number of ether oxygens (including phenoxy) is 3. The molecule has 0 saturated carbocycles. The van der Waals surface area contributed by atoms with E-state index in [0.29, 0.717) is 43.8 Å². The summed E-state index contributed by atoms with van der Waals surface area (Å²) >= 11 is 13.4. The maximum absolute atomic E-state index is 12.7. The van der Waals surface area contributed by atoms with Crippen LogP contribution in [-0.2, 0) is 9.59 Å². The third-order valence-corrected chi connectivity index (χ3v) is 6.38. The number of methoxy groups -OCH3 is 3. The lowest BCUT2D eigenvalue weighted by Gasteiger charge is -2.14. The Morgan fingerprint density at radius 1 is 1.09 bits per heavy atom. The van der Waals surface area contributed by atoms with Crippen molar-refractivity contribution in [3.63, 3.8) is 0 Å². The Morgan fingerprint density at radius 3 is 2.44 bits per heavy atom. The first kappa shape index (κ1) is 24.0. The van der Waals surface area contributed by atoms with Crippen LogP contribution >= 0.6 is 35.0 Å². The van der Waals surface area contributed by atoms with Crippen LogP contribution in [0.2, 0.25) is 10.0 Å². The largest absolute Gasteiger partial charge is 0.495 e. The molecule has 0 unspecified atom stereocenters. The van der Waals surface area contributed by atoms with Crippen molar-refractivity contribution in [2.75, 3.05) is 33.7 Å². The van der Waals surface area contributed by atoms with E-state index >= 15 is 0 Å². The van der Waals surface area contributed by atoms with Crippen molar-refractivity contribution >= 4 is 63.3 Å². The molecule has 1 heterocycles. The van der Waals surface area contributed by atoms with Gasteiger partial charge < -0.3 is 19.5 Å². The molecule has 1 N–H and O–H groups in total. The van der Waals surface area contributed by atoms with Crippen molar-refractivity contribution in [2.24, 2.45) is 4.99 Å². The van der Waals surface area contributed by atoms with Crippen molar-refractivity contribution in [3.8, 4) is 17.2 Å². The summed E-state index contributed by atoms with van der Waals surface area (Å²) in [5.41, 5.74) is 0.870. The third kappa shape index (κ3) is 5.23. The van der Waals surface area contributed by atoms with Crippen LogP contribution in [0.4, 0.5) is 11.4 Å². The van der Waals surface area contributed by atoms with E-state index in [1.807, 2.05) is 0 Å². The summed E-state index contributed by atoms with van der Waals surface area (Å²) in [7, 11) is 6.08. The van der Waals surface area contributed by atoms with Gasteiger partial charge in [-0.1, -0.05) is 35.0 Å². The Bertz CT molecular complexity index is 1080. The van der Waals surface area contributed by atoms with Gasteiger partial charge in [0.25, 0.3) is 0 Å². The summed E-state index contributed by atoms with van der Waals surface area (Å²) in [5.74, 6) is 0.724. The zero-order valence-electron chi connectivity index (χ0n) is 17.8. The monoisotopic (exact) mass is 497 g/mol. The molecule has 1 fully saturated rings. The molecular formula is C21H21Cl2N3O5S. The Kier molecular flexibility index (Phi) is 7.76. The van der Waals surface area contributed by atoms with E-state index in [-0.39, 0.29) is 18.2 Å². The minimum Gasteiger partial charge on any atom is -0.495 e. The highest BCUT2D eigenvalue weighted by atomic mass is 35.5. The molecule has 0 spiro atoms. The number of hydrogen-bond acceptors (Lipinski definition) is 7. The molecular weight excluding hydrogens is 477 g/mol. The summed E-state index contributed by atoms with van der Waals surface area (Å²) < 4.78 is 15.8. The zero-order chi connectivity index (χ0) is 23.4. The number of anilines is 1. The predicted molar refractivity (Wildman–Crippen MR) is 127 cm³/mol. The number of nitrogens with one attached hydrogen (secondary N) is 1. The number of carbonyl (C=O) groups is 2. The van der Waals surface area contributed by atoms with Gasteiger partial charge in [-0.3, -0.25) is 14.5 Å². The molecule has 1 aliphatic heterocycles. The third-order valence-electron chi connectivity index (χ3n) is 4.62. The van der Waals surface area contributed by atoms with Crippen LogP contribution in [0.25, 0.3) is 0 Å². The second-order valence-electron chi connectivity index (χ2n) is 6.65. The lowest BCUT2D eigenvalue weighted by Crippen LogP contribution is -2.30. The number of benzene rings is 2. The second kappa shape index (κ2) is 10.3. The van der Waals surface area contributed by atoms with E-state index in [4.69, 9.17) is 37.4 Å². The minimum absolute atomic E-state index is 0.0632. The number of hydrogen-bond donors (Lipinski definition) is 1. The van der Waals surface area contributed by atoms with E-state index in [9.17, 15) is 9.59 Å². The number of halogens is 2. The first-order valence-electron chi connectivity index (χ1n) is 9.35. The summed E-state index contributed by atoms with van der Waals surface area (Å²) in [4.78, 5) is 31.3. The van der Waals surface area contributed by atoms with Gasteiger partial charge >= 0.3 is 0 Å². The average molecular weight is 498 g/mol. The normalized spacial score (nSPS) is 16.9. The van der Waals surface area contributed by atoms with Gasteiger partial charge in [-0.15, -0.1) is 0 Å². The Labute approximate surface area is 199 Å². The van der Waals surface area contributed by atoms with Gasteiger partial charge in [-0.25, -0.2) is 4.99 Å². The van der Waals surface area contributed by atoms with Gasteiger partial charge in [0.15, 0.2) is 5.17 Å². The molecule has 3 rings (SSSR count). The van der Waals surface area contributed by atoms with Crippen LogP contribution in [0, 0.1) is 0 Å². The van der Waals surface area contributed by atoms with Gasteiger partial charge in [0.1, 0.15) is 28.2 Å². The van der Waals surface area contributed by atoms with Crippen molar-refractivity contribution < 1.29 is 23.8 Å². The van der Waals surface area contributed by atoms with Crippen molar-refractivity contribution in [2.45, 2.75) is 11.7 Å². The Morgan fingerprint density at radius 2 is 1.78 bits per heavy atom. The van der Waals surface area contributed by atoms with Gasteiger partial charge in [0.05, 0.1) is 32.0 Å². The number of amides is 2. The average Bonchev–Trinajstić information content (AvgIpc) is 3.01. The summed E-state index contributed by atoms with van der Waals surface area (Å²) in [6.07, 6.45) is -0.0632. The quantitative estimate of drug-likeness (QED) is 0.600. The standard InChI is InChI=1S/C21H21Cl2N3O5S/c1-26-20(28)18(32-21(26)25-13-7-11(22)5-6-15(13)29-2)10-19(27)24-14-8-12(23)16(30-3)9-17(14)31-4/h5-9,18H,10H2,1-4H3,(H,24,27)/t18-/m0/s1. The van der Waals surface area contributed by atoms with E-state index in [0.717, 1.165) is 0 Å². The van der Waals surface area contributed by atoms with Crippen LogP contribution in [0.5, 0.6) is 17.2 Å². The van der Waals surface area contributed by atoms with Crippen molar-refractivity contribution in [1.29, 1.82) is 0 Å². The fourth-order valence-corrected chi connectivity index (χ4v) is 4.53. The zero-order valence-corrected chi connectivity index (χ0v) is 20.1. The number of nitrogens with zero attached hydrogens (tertiary/aromatic N) is 2. The van der Waals surface area contributed by atoms with Gasteiger partial charge in [-0.2, -0.15) is 0 Å². The molecule has 0 bridgehead atoms. The molecule has 0 aromatic heterocycles. The molecule has 8 nitrogen and oxygen atoms in total. The Hall–Kier alpha value is -2.62. The van der Waals surface area contributed by atoms with Crippen LogP contribution in [0.1, 0.15) is 6.42 Å². The number of amidine groups is 1. The maximum atomic E-state index is 12.7. The maximum Gasteiger partial charge on any atom is 0.242 e. The molecule has 11 heteroatoms. The van der Waals surface area contributed by atoms with Crippen molar-refractivity contribution in [3.05, 3.63) is 40.4 Å². The number of rotatable bonds is 7. The highest BCUT2D eigenvalue weighted by Crippen LogP contribution is 2.37. The lowest BCUT2D eigenvalue weighted by molar-refractivity contribution is -0.127. The number of thioether (sulfide) groups is 1. The van der Waals surface area contributed by atoms with Gasteiger partial charge in [0.2, 0.25) is 11.8 Å². The molecule has 170 valence electrons. The minimum atomic E-state index is -0.636. The molecule has 1 aliphatic rings. The van der Waals surface area contributed by atoms with Crippen LogP contribution < -0.4 is 19.5 Å². The van der Waals surface area contributed by atoms with Crippen LogP contribution in [-0.4, -0.2) is 55.5 Å².